The van der Waals surface area contributed by atoms with Crippen LogP contribution in [0.15, 0.2) is 22.6 Å². The van der Waals surface area contributed by atoms with E-state index >= 15 is 0 Å². The van der Waals surface area contributed by atoms with E-state index in [0.717, 1.165) is 0 Å². The molecule has 12 heavy (non-hydrogen) atoms. The van der Waals surface area contributed by atoms with Gasteiger partial charge in [-0.2, -0.15) is 0 Å². The molecule has 0 radical (unpaired) electrons. The molecule has 1 aliphatic rings. The van der Waals surface area contributed by atoms with Gasteiger partial charge in [-0.1, -0.05) is 0 Å². The summed E-state index contributed by atoms with van der Waals surface area (Å²) in [6, 6.07) is 0. The normalized spacial score (nSPS) is 17.2. The van der Waals surface area contributed by atoms with Crippen molar-refractivity contribution in [1.29, 1.82) is 0 Å². The van der Waals surface area contributed by atoms with E-state index in [2.05, 4.69) is 4.79 Å². The molecule has 0 spiro atoms. The van der Waals surface area contributed by atoms with Crippen LogP contribution in [0, 0.1) is 0 Å². The summed E-state index contributed by atoms with van der Waals surface area (Å²) in [7, 11) is 0. The average molecular weight is 230 g/mol. The molecule has 0 aromatic heterocycles. The van der Waals surface area contributed by atoms with Crippen LogP contribution in [0.25, 0.3) is 5.53 Å². The van der Waals surface area contributed by atoms with Gasteiger partial charge in [0, 0.05) is 0 Å². The van der Waals surface area contributed by atoms with Crippen molar-refractivity contribution in [1.82, 2.24) is 0 Å². The van der Waals surface area contributed by atoms with Crippen LogP contribution >= 0.6 is 0 Å². The topological polar surface area (TPSA) is 93.9 Å². The molecule has 0 fully saturated rings. The van der Waals surface area contributed by atoms with Gasteiger partial charge in [0.1, 0.15) is 0 Å². The zero-order valence-corrected chi connectivity index (χ0v) is 7.96. The van der Waals surface area contributed by atoms with Crippen molar-refractivity contribution in [2.75, 3.05) is 0 Å². The third-order valence-electron chi connectivity index (χ3n) is 1.44. The SMILES string of the molecule is [N-]=[N+]=C1C=CC=C([As](=O)(O)O)C1. The van der Waals surface area contributed by atoms with Crippen LogP contribution in [0.5, 0.6) is 0 Å². The van der Waals surface area contributed by atoms with Crippen molar-refractivity contribution >= 4 is 19.9 Å². The first-order valence-electron chi connectivity index (χ1n) is 3.18. The molecule has 0 heterocycles. The fourth-order valence-corrected chi connectivity index (χ4v) is 2.20. The number of allylic oxidation sites excluding steroid dienone is 4. The Kier molecular flexibility index (Phi) is 2.50. The summed E-state index contributed by atoms with van der Waals surface area (Å²) in [6.45, 7) is 0. The summed E-state index contributed by atoms with van der Waals surface area (Å²) in [5.74, 6) is 0. The van der Waals surface area contributed by atoms with E-state index in [9.17, 15) is 3.74 Å². The zero-order chi connectivity index (χ0) is 9.19. The Morgan fingerprint density at radius 2 is 2.25 bits per heavy atom. The Morgan fingerprint density at radius 1 is 1.58 bits per heavy atom. The molecule has 0 saturated carbocycles. The molecule has 1 rings (SSSR count). The van der Waals surface area contributed by atoms with E-state index in [1.54, 1.807) is 0 Å². The van der Waals surface area contributed by atoms with Gasteiger partial charge in [-0.05, 0) is 0 Å². The number of rotatable bonds is 1. The molecule has 64 valence electrons. The monoisotopic (exact) mass is 230 g/mol. The predicted molar refractivity (Wildman–Crippen MR) is 41.3 cm³/mol. The van der Waals surface area contributed by atoms with Gasteiger partial charge in [0.05, 0.1) is 0 Å². The molecule has 1 aliphatic carbocycles. The van der Waals surface area contributed by atoms with Gasteiger partial charge in [-0.15, -0.1) is 0 Å². The van der Waals surface area contributed by atoms with Crippen LogP contribution in [0.2, 0.25) is 0 Å². The van der Waals surface area contributed by atoms with Crippen molar-refractivity contribution in [3.05, 3.63) is 28.1 Å². The molecule has 5 nitrogen and oxygen atoms in total. The Balaban J connectivity index is 2.99. The van der Waals surface area contributed by atoms with Gasteiger partial charge >= 0.3 is 71.1 Å². The molecule has 0 saturated heterocycles. The fraction of sp³-hybridized carbons (Fsp3) is 0.167. The standard InChI is InChI=1S/C6H7AsN2O3/c8-9-6-3-1-2-5(4-6)7(10,11)12/h1-3H,4H2,(H2,10,11,12). The van der Waals surface area contributed by atoms with Crippen LogP contribution in [-0.2, 0) is 3.74 Å². The number of hydrogen-bond donors (Lipinski definition) is 2. The van der Waals surface area contributed by atoms with E-state index in [-0.39, 0.29) is 16.5 Å². The molecule has 0 aromatic carbocycles. The van der Waals surface area contributed by atoms with Crippen LogP contribution in [0.1, 0.15) is 6.42 Å². The molecule has 6 heteroatoms. The first kappa shape index (κ1) is 9.23. The summed E-state index contributed by atoms with van der Waals surface area (Å²) in [5, 5.41) is 0. The summed E-state index contributed by atoms with van der Waals surface area (Å²) in [6.07, 6.45) is 4.33. The Hall–Kier alpha value is -0.862. The third-order valence-corrected chi connectivity index (χ3v) is 3.66. The third kappa shape index (κ3) is 2.06. The Morgan fingerprint density at radius 3 is 2.75 bits per heavy atom. The van der Waals surface area contributed by atoms with Gasteiger partial charge in [-0.3, -0.25) is 0 Å². The van der Waals surface area contributed by atoms with Gasteiger partial charge in [0.2, 0.25) is 0 Å². The molecular weight excluding hydrogens is 223 g/mol. The van der Waals surface area contributed by atoms with E-state index in [0.29, 0.717) is 0 Å². The minimum absolute atomic E-state index is 0.0243. The molecule has 2 N–H and O–H groups in total. The van der Waals surface area contributed by atoms with Gasteiger partial charge in [0.15, 0.2) is 0 Å². The Labute approximate surface area is 71.6 Å². The van der Waals surface area contributed by atoms with Crippen molar-refractivity contribution < 1.29 is 16.7 Å². The van der Waals surface area contributed by atoms with Crippen molar-refractivity contribution in [3.63, 3.8) is 0 Å². The van der Waals surface area contributed by atoms with Gasteiger partial charge < -0.3 is 0 Å². The minimum atomic E-state index is -4.77. The van der Waals surface area contributed by atoms with E-state index in [1.807, 2.05) is 0 Å². The predicted octanol–water partition coefficient (Wildman–Crippen LogP) is -0.563. The fourth-order valence-electron chi connectivity index (χ4n) is 0.842. The van der Waals surface area contributed by atoms with Crippen LogP contribution in [0.4, 0.5) is 0 Å². The maximum atomic E-state index is 10.8. The molecule has 0 atom stereocenters. The van der Waals surface area contributed by atoms with Gasteiger partial charge in [0.25, 0.3) is 0 Å². The quantitative estimate of drug-likeness (QED) is 0.359. The van der Waals surface area contributed by atoms with Crippen molar-refractivity contribution in [2.24, 2.45) is 0 Å². The van der Waals surface area contributed by atoms with Gasteiger partial charge in [-0.25, -0.2) is 0 Å². The van der Waals surface area contributed by atoms with Crippen LogP contribution in [0.3, 0.4) is 0 Å². The zero-order valence-electron chi connectivity index (χ0n) is 6.08. The summed E-state index contributed by atoms with van der Waals surface area (Å²) in [5.41, 5.74) is 8.60. The van der Waals surface area contributed by atoms with E-state index in [1.165, 1.54) is 18.2 Å². The molecule has 0 aliphatic heterocycles. The number of nitrogens with zero attached hydrogens (tertiary/aromatic N) is 2. The molecule has 0 bridgehead atoms. The van der Waals surface area contributed by atoms with Crippen LogP contribution in [-0.4, -0.2) is 32.9 Å². The second-order valence-corrected chi connectivity index (χ2v) is 5.82. The summed E-state index contributed by atoms with van der Waals surface area (Å²) < 4.78 is 28.4. The van der Waals surface area contributed by atoms with E-state index < -0.39 is 14.2 Å². The first-order valence-corrected chi connectivity index (χ1v) is 6.56. The van der Waals surface area contributed by atoms with E-state index in [4.69, 9.17) is 13.7 Å². The molecule has 0 aromatic rings. The molecule has 0 amide bonds. The molecule has 0 unspecified atom stereocenters. The molecular formula is C6H7AsN2O3. The average Bonchev–Trinajstić information content (AvgIpc) is 2.03. The van der Waals surface area contributed by atoms with Crippen molar-refractivity contribution in [2.45, 2.75) is 6.42 Å². The second-order valence-electron chi connectivity index (χ2n) is 2.33. The Bertz CT molecular complexity index is 346. The summed E-state index contributed by atoms with van der Waals surface area (Å²) in [4.78, 5) is 2.87. The first-order chi connectivity index (χ1) is 5.54. The summed E-state index contributed by atoms with van der Waals surface area (Å²) >= 11 is -4.77. The maximum absolute atomic E-state index is 10.8. The van der Waals surface area contributed by atoms with Crippen molar-refractivity contribution in [3.8, 4) is 0 Å². The number of hydrogen-bond acceptors (Lipinski definition) is 1. The van der Waals surface area contributed by atoms with Crippen LogP contribution < -0.4 is 0 Å². The second kappa shape index (κ2) is 3.25.